The molecule has 0 radical (unpaired) electrons. The van der Waals surface area contributed by atoms with Crippen molar-refractivity contribution in [2.45, 2.75) is 33.1 Å². The molecule has 2 aromatic rings. The van der Waals surface area contributed by atoms with Crippen molar-refractivity contribution < 1.29 is 14.3 Å². The van der Waals surface area contributed by atoms with Crippen LogP contribution in [0.25, 0.3) is 0 Å². The first kappa shape index (κ1) is 18.3. The van der Waals surface area contributed by atoms with Crippen LogP contribution in [-0.4, -0.2) is 25.7 Å². The Labute approximate surface area is 147 Å². The molecule has 1 aromatic carbocycles. The minimum absolute atomic E-state index is 0.0902. The molecular weight excluding hydrogens is 322 g/mol. The summed E-state index contributed by atoms with van der Waals surface area (Å²) in [7, 11) is 0. The van der Waals surface area contributed by atoms with Crippen molar-refractivity contribution >= 4 is 17.2 Å². The largest absolute Gasteiger partial charge is 0.490 e. The van der Waals surface area contributed by atoms with Crippen LogP contribution in [0.2, 0.25) is 0 Å². The minimum Gasteiger partial charge on any atom is -0.490 e. The average Bonchev–Trinajstić information content (AvgIpc) is 3.10. The Morgan fingerprint density at radius 2 is 2.04 bits per heavy atom. The zero-order chi connectivity index (χ0) is 17.2. The number of ether oxygens (including phenoxy) is 2. The van der Waals surface area contributed by atoms with Crippen LogP contribution in [0.15, 0.2) is 35.7 Å². The standard InChI is InChI=1S/C19H25NO3S/c1-3-5-12-23-17-9-8-15(14-18(17)22-4-2)19(21)20-11-10-16-7-6-13-24-16/h6-9,13-14H,3-5,10-12H2,1-2H3,(H,20,21). The second-order valence-electron chi connectivity index (χ2n) is 5.38. The van der Waals surface area contributed by atoms with Gasteiger partial charge in [0, 0.05) is 17.0 Å². The first-order valence-electron chi connectivity index (χ1n) is 8.44. The fourth-order valence-corrected chi connectivity index (χ4v) is 2.93. The number of hydrogen-bond acceptors (Lipinski definition) is 4. The van der Waals surface area contributed by atoms with Gasteiger partial charge >= 0.3 is 0 Å². The number of benzene rings is 1. The van der Waals surface area contributed by atoms with E-state index in [9.17, 15) is 4.79 Å². The second kappa shape index (κ2) is 9.98. The monoisotopic (exact) mass is 347 g/mol. The fourth-order valence-electron chi connectivity index (χ4n) is 2.22. The molecule has 5 heteroatoms. The van der Waals surface area contributed by atoms with Gasteiger partial charge in [-0.2, -0.15) is 0 Å². The Hall–Kier alpha value is -2.01. The van der Waals surface area contributed by atoms with E-state index in [1.807, 2.05) is 24.4 Å². The van der Waals surface area contributed by atoms with Crippen molar-refractivity contribution in [3.8, 4) is 11.5 Å². The molecule has 0 spiro atoms. The van der Waals surface area contributed by atoms with E-state index in [2.05, 4.69) is 18.3 Å². The van der Waals surface area contributed by atoms with Gasteiger partial charge in [-0.3, -0.25) is 4.79 Å². The van der Waals surface area contributed by atoms with Gasteiger partial charge in [0.1, 0.15) is 0 Å². The topological polar surface area (TPSA) is 47.6 Å². The predicted octanol–water partition coefficient (Wildman–Crippen LogP) is 4.30. The molecule has 1 N–H and O–H groups in total. The van der Waals surface area contributed by atoms with Gasteiger partial charge in [0.25, 0.3) is 5.91 Å². The Balaban J connectivity index is 1.95. The van der Waals surface area contributed by atoms with Gasteiger partial charge in [0.2, 0.25) is 0 Å². The molecule has 24 heavy (non-hydrogen) atoms. The summed E-state index contributed by atoms with van der Waals surface area (Å²) in [5.74, 6) is 1.23. The Bertz CT molecular complexity index is 626. The van der Waals surface area contributed by atoms with Crippen LogP contribution in [0.5, 0.6) is 11.5 Å². The van der Waals surface area contributed by atoms with Crippen molar-refractivity contribution in [1.82, 2.24) is 5.32 Å². The number of carbonyl (C=O) groups excluding carboxylic acids is 1. The molecule has 0 fully saturated rings. The number of hydrogen-bond donors (Lipinski definition) is 1. The minimum atomic E-state index is -0.0902. The third-order valence-electron chi connectivity index (χ3n) is 3.50. The zero-order valence-corrected chi connectivity index (χ0v) is 15.2. The summed E-state index contributed by atoms with van der Waals surface area (Å²) >= 11 is 1.70. The van der Waals surface area contributed by atoms with Gasteiger partial charge in [0.05, 0.1) is 13.2 Å². The van der Waals surface area contributed by atoms with Crippen LogP contribution in [0.4, 0.5) is 0 Å². The quantitative estimate of drug-likeness (QED) is 0.652. The van der Waals surface area contributed by atoms with Gasteiger partial charge < -0.3 is 14.8 Å². The van der Waals surface area contributed by atoms with Crippen molar-refractivity contribution in [2.75, 3.05) is 19.8 Å². The molecule has 0 unspecified atom stereocenters. The molecule has 0 saturated carbocycles. The molecule has 2 rings (SSSR count). The number of rotatable bonds is 10. The van der Waals surface area contributed by atoms with Gasteiger partial charge in [-0.15, -0.1) is 11.3 Å². The third-order valence-corrected chi connectivity index (χ3v) is 4.43. The maximum atomic E-state index is 12.3. The summed E-state index contributed by atoms with van der Waals surface area (Å²) in [5.41, 5.74) is 0.590. The molecule has 0 aliphatic heterocycles. The highest BCUT2D eigenvalue weighted by Crippen LogP contribution is 2.28. The second-order valence-corrected chi connectivity index (χ2v) is 6.41. The molecular formula is C19H25NO3S. The Morgan fingerprint density at radius 1 is 1.17 bits per heavy atom. The lowest BCUT2D eigenvalue weighted by Crippen LogP contribution is -2.25. The van der Waals surface area contributed by atoms with E-state index in [1.54, 1.807) is 23.5 Å². The molecule has 1 heterocycles. The molecule has 4 nitrogen and oxygen atoms in total. The fraction of sp³-hybridized carbons (Fsp3) is 0.421. The summed E-state index contributed by atoms with van der Waals surface area (Å²) in [5, 5.41) is 4.99. The van der Waals surface area contributed by atoms with Crippen molar-refractivity contribution in [2.24, 2.45) is 0 Å². The highest BCUT2D eigenvalue weighted by Gasteiger charge is 2.11. The van der Waals surface area contributed by atoms with Gasteiger partial charge in [0.15, 0.2) is 11.5 Å². The van der Waals surface area contributed by atoms with Crippen LogP contribution in [-0.2, 0) is 6.42 Å². The van der Waals surface area contributed by atoms with Gasteiger partial charge in [-0.05, 0) is 49.4 Å². The Kier molecular flexibility index (Phi) is 7.62. The van der Waals surface area contributed by atoms with Crippen molar-refractivity contribution in [3.63, 3.8) is 0 Å². The van der Waals surface area contributed by atoms with Crippen LogP contribution in [0.3, 0.4) is 0 Å². The Morgan fingerprint density at radius 3 is 2.75 bits per heavy atom. The van der Waals surface area contributed by atoms with E-state index >= 15 is 0 Å². The van der Waals surface area contributed by atoms with Gasteiger partial charge in [-0.1, -0.05) is 19.4 Å². The third kappa shape index (κ3) is 5.57. The zero-order valence-electron chi connectivity index (χ0n) is 14.3. The number of carbonyl (C=O) groups is 1. The predicted molar refractivity (Wildman–Crippen MR) is 98.4 cm³/mol. The maximum Gasteiger partial charge on any atom is 0.251 e. The van der Waals surface area contributed by atoms with E-state index < -0.39 is 0 Å². The molecule has 0 atom stereocenters. The summed E-state index contributed by atoms with van der Waals surface area (Å²) in [6, 6.07) is 9.45. The SMILES string of the molecule is CCCCOc1ccc(C(=O)NCCc2cccs2)cc1OCC. The van der Waals surface area contributed by atoms with Crippen molar-refractivity contribution in [1.29, 1.82) is 0 Å². The molecule has 0 aliphatic rings. The van der Waals surface area contributed by atoms with Crippen LogP contribution < -0.4 is 14.8 Å². The van der Waals surface area contributed by atoms with Crippen molar-refractivity contribution in [3.05, 3.63) is 46.2 Å². The normalized spacial score (nSPS) is 10.4. The summed E-state index contributed by atoms with van der Waals surface area (Å²) in [6.45, 7) is 5.86. The summed E-state index contributed by atoms with van der Waals surface area (Å²) in [4.78, 5) is 13.6. The van der Waals surface area contributed by atoms with E-state index in [-0.39, 0.29) is 5.91 Å². The van der Waals surface area contributed by atoms with Gasteiger partial charge in [-0.25, -0.2) is 0 Å². The first-order chi connectivity index (χ1) is 11.7. The molecule has 0 bridgehead atoms. The van der Waals surface area contributed by atoms with E-state index in [1.165, 1.54) is 4.88 Å². The maximum absolute atomic E-state index is 12.3. The molecule has 1 aromatic heterocycles. The molecule has 0 saturated heterocycles. The number of amides is 1. The summed E-state index contributed by atoms with van der Waals surface area (Å²) < 4.78 is 11.4. The summed E-state index contributed by atoms with van der Waals surface area (Å²) in [6.07, 6.45) is 2.92. The van der Waals surface area contributed by atoms with Crippen LogP contribution >= 0.6 is 11.3 Å². The highest BCUT2D eigenvalue weighted by atomic mass is 32.1. The van der Waals surface area contributed by atoms with E-state index in [0.29, 0.717) is 36.8 Å². The highest BCUT2D eigenvalue weighted by molar-refractivity contribution is 7.09. The average molecular weight is 347 g/mol. The number of unbranched alkanes of at least 4 members (excludes halogenated alkanes) is 1. The van der Waals surface area contributed by atoms with E-state index in [0.717, 1.165) is 19.3 Å². The first-order valence-corrected chi connectivity index (χ1v) is 9.32. The number of thiophene rings is 1. The lowest BCUT2D eigenvalue weighted by atomic mass is 10.2. The lowest BCUT2D eigenvalue weighted by molar-refractivity contribution is 0.0953. The smallest absolute Gasteiger partial charge is 0.251 e. The molecule has 0 aliphatic carbocycles. The molecule has 130 valence electrons. The number of nitrogens with one attached hydrogen (secondary N) is 1. The van der Waals surface area contributed by atoms with E-state index in [4.69, 9.17) is 9.47 Å². The lowest BCUT2D eigenvalue weighted by Gasteiger charge is -2.13. The molecule has 1 amide bonds. The van der Waals surface area contributed by atoms with Crippen LogP contribution in [0.1, 0.15) is 41.9 Å². The van der Waals surface area contributed by atoms with Crippen LogP contribution in [0, 0.1) is 0 Å².